The van der Waals surface area contributed by atoms with Crippen LogP contribution in [0.2, 0.25) is 0 Å². The molecule has 0 spiro atoms. The fourth-order valence-corrected chi connectivity index (χ4v) is 4.12. The number of rotatable bonds is 3. The molecule has 2 atom stereocenters. The van der Waals surface area contributed by atoms with Crippen molar-refractivity contribution >= 4 is 11.2 Å². The Balaban J connectivity index is 2.00. The van der Waals surface area contributed by atoms with Crippen LogP contribution in [-0.2, 0) is 20.6 Å². The maximum atomic E-state index is 13.0. The highest BCUT2D eigenvalue weighted by Gasteiger charge is 2.30. The lowest BCUT2D eigenvalue weighted by molar-refractivity contribution is 0.604. The van der Waals surface area contributed by atoms with Crippen LogP contribution in [-0.4, -0.2) is 24.7 Å². The third-order valence-electron chi connectivity index (χ3n) is 5.68. The highest BCUT2D eigenvalue weighted by molar-refractivity contribution is 5.71. The Labute approximate surface area is 161 Å². The van der Waals surface area contributed by atoms with Gasteiger partial charge in [-0.2, -0.15) is 5.26 Å². The van der Waals surface area contributed by atoms with Gasteiger partial charge in [-0.1, -0.05) is 18.2 Å². The number of benzene rings is 1. The molecule has 3 aromatic rings. The van der Waals surface area contributed by atoms with Crippen molar-refractivity contribution in [2.24, 2.45) is 19.8 Å². The lowest BCUT2D eigenvalue weighted by Gasteiger charge is -2.14. The predicted molar refractivity (Wildman–Crippen MR) is 105 cm³/mol. The average molecular weight is 378 g/mol. The van der Waals surface area contributed by atoms with Gasteiger partial charge in [-0.3, -0.25) is 13.9 Å². The molecule has 2 aromatic heterocycles. The van der Waals surface area contributed by atoms with Crippen molar-refractivity contribution in [1.29, 1.82) is 5.26 Å². The van der Waals surface area contributed by atoms with Crippen molar-refractivity contribution in [2.45, 2.75) is 37.8 Å². The standard InChI is InChI=1S/C20H22N6O2/c1-24-18-16(19(27)25(2)20(24)28)26(11-14-6-4-3-5-13(14)10-21)17(23-18)12-7-8-15(22)9-12/h3-6,12,15H,7-9,11,22H2,1-2H3/t12?,15-/m1/s1. The summed E-state index contributed by atoms with van der Waals surface area (Å²) in [6.45, 7) is 0.342. The molecule has 4 rings (SSSR count). The minimum absolute atomic E-state index is 0.108. The van der Waals surface area contributed by atoms with Gasteiger partial charge in [0.15, 0.2) is 11.2 Å². The van der Waals surface area contributed by atoms with Crippen LogP contribution in [0.4, 0.5) is 0 Å². The zero-order valence-electron chi connectivity index (χ0n) is 15.9. The third kappa shape index (κ3) is 2.75. The molecule has 1 aliphatic carbocycles. The van der Waals surface area contributed by atoms with Crippen LogP contribution in [0.3, 0.4) is 0 Å². The molecule has 0 radical (unpaired) electrons. The van der Waals surface area contributed by atoms with E-state index >= 15 is 0 Å². The molecule has 28 heavy (non-hydrogen) atoms. The van der Waals surface area contributed by atoms with E-state index in [1.54, 1.807) is 13.1 Å². The van der Waals surface area contributed by atoms with E-state index in [0.29, 0.717) is 23.3 Å². The molecule has 8 heteroatoms. The van der Waals surface area contributed by atoms with Crippen LogP contribution < -0.4 is 17.0 Å². The van der Waals surface area contributed by atoms with Gasteiger partial charge in [0.05, 0.1) is 18.2 Å². The maximum absolute atomic E-state index is 13.0. The van der Waals surface area contributed by atoms with Crippen LogP contribution in [0.15, 0.2) is 33.9 Å². The van der Waals surface area contributed by atoms with Crippen LogP contribution in [0.1, 0.15) is 42.1 Å². The number of aromatic nitrogens is 4. The first-order valence-electron chi connectivity index (χ1n) is 9.32. The Morgan fingerprint density at radius 2 is 1.96 bits per heavy atom. The molecule has 0 saturated heterocycles. The number of nitrogens with zero attached hydrogens (tertiary/aromatic N) is 5. The smallest absolute Gasteiger partial charge is 0.328 e. The Kier molecular flexibility index (Phi) is 4.40. The number of nitrogens with two attached hydrogens (primary N) is 1. The Morgan fingerprint density at radius 1 is 1.21 bits per heavy atom. The Hall–Kier alpha value is -3.18. The second-order valence-corrected chi connectivity index (χ2v) is 7.47. The summed E-state index contributed by atoms with van der Waals surface area (Å²) < 4.78 is 4.37. The second-order valence-electron chi connectivity index (χ2n) is 7.47. The number of hydrogen-bond acceptors (Lipinski definition) is 5. The van der Waals surface area contributed by atoms with Gasteiger partial charge < -0.3 is 10.3 Å². The molecule has 0 aliphatic heterocycles. The van der Waals surface area contributed by atoms with E-state index in [2.05, 4.69) is 6.07 Å². The largest absolute Gasteiger partial charge is 0.332 e. The van der Waals surface area contributed by atoms with Crippen molar-refractivity contribution in [3.8, 4) is 6.07 Å². The summed E-state index contributed by atoms with van der Waals surface area (Å²) in [7, 11) is 3.09. The Morgan fingerprint density at radius 3 is 2.64 bits per heavy atom. The average Bonchev–Trinajstić information content (AvgIpc) is 3.29. The molecular formula is C20H22N6O2. The van der Waals surface area contributed by atoms with E-state index in [1.807, 2.05) is 22.8 Å². The quantitative estimate of drug-likeness (QED) is 0.729. The molecule has 2 heterocycles. The molecular weight excluding hydrogens is 356 g/mol. The molecule has 0 bridgehead atoms. The second kappa shape index (κ2) is 6.77. The normalized spacial score (nSPS) is 19.2. The highest BCUT2D eigenvalue weighted by atomic mass is 16.2. The first-order chi connectivity index (χ1) is 13.4. The molecule has 1 aliphatic rings. The van der Waals surface area contributed by atoms with Crippen molar-refractivity contribution in [2.75, 3.05) is 0 Å². The fourth-order valence-electron chi connectivity index (χ4n) is 4.12. The van der Waals surface area contributed by atoms with Gasteiger partial charge in [0, 0.05) is 26.1 Å². The summed E-state index contributed by atoms with van der Waals surface area (Å²) in [5.41, 5.74) is 7.44. The zero-order chi connectivity index (χ0) is 20.0. The molecule has 1 saturated carbocycles. The molecule has 1 aromatic carbocycles. The lowest BCUT2D eigenvalue weighted by Crippen LogP contribution is -2.37. The zero-order valence-corrected chi connectivity index (χ0v) is 15.9. The molecule has 1 fully saturated rings. The number of aryl methyl sites for hydroxylation is 1. The summed E-state index contributed by atoms with van der Waals surface area (Å²) >= 11 is 0. The molecule has 1 unspecified atom stereocenters. The van der Waals surface area contributed by atoms with Gasteiger partial charge in [0.25, 0.3) is 5.56 Å². The van der Waals surface area contributed by atoms with Gasteiger partial charge in [0.1, 0.15) is 5.82 Å². The molecule has 0 amide bonds. The van der Waals surface area contributed by atoms with Gasteiger partial charge in [-0.05, 0) is 30.9 Å². The summed E-state index contributed by atoms with van der Waals surface area (Å²) in [6, 6.07) is 9.63. The molecule has 2 N–H and O–H groups in total. The molecule has 144 valence electrons. The van der Waals surface area contributed by atoms with Crippen LogP contribution in [0.5, 0.6) is 0 Å². The van der Waals surface area contributed by atoms with Crippen LogP contribution in [0, 0.1) is 11.3 Å². The van der Waals surface area contributed by atoms with Gasteiger partial charge in [-0.25, -0.2) is 9.78 Å². The first-order valence-corrected chi connectivity index (χ1v) is 9.32. The first kappa shape index (κ1) is 18.2. The van der Waals surface area contributed by atoms with Crippen LogP contribution >= 0.6 is 0 Å². The predicted octanol–water partition coefficient (Wildman–Crippen LogP) is 0.948. The SMILES string of the molecule is Cn1c(=O)c2c(nc(C3CC[C@@H](N)C3)n2Cc2ccccc2C#N)n(C)c1=O. The van der Waals surface area contributed by atoms with Crippen molar-refractivity contribution in [3.63, 3.8) is 0 Å². The van der Waals surface area contributed by atoms with Crippen LogP contribution in [0.25, 0.3) is 11.2 Å². The van der Waals surface area contributed by atoms with E-state index in [0.717, 1.165) is 35.2 Å². The van der Waals surface area contributed by atoms with Gasteiger partial charge in [-0.15, -0.1) is 0 Å². The summed E-state index contributed by atoms with van der Waals surface area (Å²) in [5.74, 6) is 0.880. The van der Waals surface area contributed by atoms with Gasteiger partial charge in [0.2, 0.25) is 0 Å². The summed E-state index contributed by atoms with van der Waals surface area (Å²) in [6.07, 6.45) is 2.58. The number of imidazole rings is 1. The van der Waals surface area contributed by atoms with Crippen molar-refractivity contribution < 1.29 is 0 Å². The van der Waals surface area contributed by atoms with E-state index < -0.39 is 5.69 Å². The van der Waals surface area contributed by atoms with E-state index in [4.69, 9.17) is 10.7 Å². The van der Waals surface area contributed by atoms with Gasteiger partial charge >= 0.3 is 5.69 Å². The number of nitriles is 1. The maximum Gasteiger partial charge on any atom is 0.332 e. The number of fused-ring (bicyclic) bond motifs is 1. The fraction of sp³-hybridized carbons (Fsp3) is 0.400. The van der Waals surface area contributed by atoms with E-state index in [1.165, 1.54) is 11.6 Å². The minimum atomic E-state index is -0.408. The van der Waals surface area contributed by atoms with E-state index in [9.17, 15) is 14.9 Å². The summed E-state index contributed by atoms with van der Waals surface area (Å²) in [5, 5.41) is 9.45. The topological polar surface area (TPSA) is 112 Å². The number of hydrogen-bond donors (Lipinski definition) is 1. The molecule has 8 nitrogen and oxygen atoms in total. The summed E-state index contributed by atoms with van der Waals surface area (Å²) in [4.78, 5) is 30.0. The third-order valence-corrected chi connectivity index (χ3v) is 5.68. The highest BCUT2D eigenvalue weighted by Crippen LogP contribution is 2.34. The lowest BCUT2D eigenvalue weighted by atomic mass is 10.1. The van der Waals surface area contributed by atoms with Crippen molar-refractivity contribution in [3.05, 3.63) is 62.1 Å². The Bertz CT molecular complexity index is 1230. The van der Waals surface area contributed by atoms with Crippen molar-refractivity contribution in [1.82, 2.24) is 18.7 Å². The monoisotopic (exact) mass is 378 g/mol. The van der Waals surface area contributed by atoms with E-state index in [-0.39, 0.29) is 17.5 Å². The minimum Gasteiger partial charge on any atom is -0.328 e.